The minimum atomic E-state index is -3.14. The van der Waals surface area contributed by atoms with Crippen LogP contribution in [0.3, 0.4) is 0 Å². The van der Waals surface area contributed by atoms with Crippen LogP contribution in [-0.4, -0.2) is 11.7 Å². The summed E-state index contributed by atoms with van der Waals surface area (Å²) in [7, 11) is 0. The first kappa shape index (κ1) is 8.53. The van der Waals surface area contributed by atoms with E-state index in [4.69, 9.17) is 0 Å². The van der Waals surface area contributed by atoms with Crippen LogP contribution < -0.4 is 0 Å². The summed E-state index contributed by atoms with van der Waals surface area (Å²) in [6.07, 6.45) is 0. The molecule has 0 fully saturated rings. The Labute approximate surface area is 53.1 Å². The smallest absolute Gasteiger partial charge is 0.293 e. The van der Waals surface area contributed by atoms with Crippen LogP contribution in [0.2, 0.25) is 0 Å². The molecule has 0 atom stereocenters. The van der Waals surface area contributed by atoms with Gasteiger partial charge in [-0.05, 0) is 0 Å². The van der Waals surface area contributed by atoms with Gasteiger partial charge >= 0.3 is 5.92 Å². The van der Waals surface area contributed by atoms with Gasteiger partial charge in [0.15, 0.2) is 5.78 Å². The van der Waals surface area contributed by atoms with Crippen molar-refractivity contribution in [2.75, 3.05) is 0 Å². The van der Waals surface area contributed by atoms with Crippen molar-refractivity contribution in [2.24, 2.45) is 5.92 Å². The lowest BCUT2D eigenvalue weighted by atomic mass is 10.0. The number of halogens is 2. The summed E-state index contributed by atoms with van der Waals surface area (Å²) < 4.78 is 24.6. The van der Waals surface area contributed by atoms with E-state index in [9.17, 15) is 13.6 Å². The van der Waals surface area contributed by atoms with Crippen molar-refractivity contribution in [3.8, 4) is 0 Å². The number of hydrogen-bond donors (Lipinski definition) is 0. The van der Waals surface area contributed by atoms with Crippen molar-refractivity contribution < 1.29 is 13.6 Å². The number of alkyl halides is 2. The quantitative estimate of drug-likeness (QED) is 0.566. The van der Waals surface area contributed by atoms with Gasteiger partial charge in [0, 0.05) is 12.8 Å². The lowest BCUT2D eigenvalue weighted by Gasteiger charge is -2.15. The maximum atomic E-state index is 12.3. The Morgan fingerprint density at radius 1 is 1.44 bits per heavy atom. The number of carbonyl (C=O) groups excluding carboxylic acids is 1. The minimum Gasteiger partial charge on any atom is -0.293 e. The minimum absolute atomic E-state index is 0.894. The SMILES string of the molecule is CC(=O)C(F)(F)C(C)C. The van der Waals surface area contributed by atoms with Gasteiger partial charge in [-0.15, -0.1) is 0 Å². The third-order valence-corrected chi connectivity index (χ3v) is 1.19. The highest BCUT2D eigenvalue weighted by Gasteiger charge is 2.38. The lowest BCUT2D eigenvalue weighted by molar-refractivity contribution is -0.146. The number of rotatable bonds is 2. The first-order valence-electron chi connectivity index (χ1n) is 2.78. The number of Topliss-reactive ketones (excluding diaryl/α,β-unsaturated/α-hetero) is 1. The molecule has 0 N–H and O–H groups in total. The molecule has 0 spiro atoms. The molecule has 0 unspecified atom stereocenters. The van der Waals surface area contributed by atoms with E-state index in [1.54, 1.807) is 0 Å². The molecule has 9 heavy (non-hydrogen) atoms. The summed E-state index contributed by atoms with van der Waals surface area (Å²) >= 11 is 0. The number of ketones is 1. The summed E-state index contributed by atoms with van der Waals surface area (Å²) in [4.78, 5) is 10.2. The third-order valence-electron chi connectivity index (χ3n) is 1.19. The van der Waals surface area contributed by atoms with Gasteiger partial charge in [0.05, 0.1) is 0 Å². The number of carbonyl (C=O) groups is 1. The summed E-state index contributed by atoms with van der Waals surface area (Å²) in [6, 6.07) is 0. The largest absolute Gasteiger partial charge is 0.307 e. The van der Waals surface area contributed by atoms with Gasteiger partial charge in [-0.1, -0.05) is 13.8 Å². The summed E-state index contributed by atoms with van der Waals surface area (Å²) in [5.41, 5.74) is 0. The monoisotopic (exact) mass is 136 g/mol. The third kappa shape index (κ3) is 1.73. The zero-order chi connectivity index (χ0) is 7.65. The summed E-state index contributed by atoms with van der Waals surface area (Å²) in [5, 5.41) is 0. The van der Waals surface area contributed by atoms with Crippen molar-refractivity contribution in [3.63, 3.8) is 0 Å². The second kappa shape index (κ2) is 2.42. The topological polar surface area (TPSA) is 17.1 Å². The second-order valence-electron chi connectivity index (χ2n) is 2.33. The summed E-state index contributed by atoms with van der Waals surface area (Å²) in [5.74, 6) is -5.09. The molecule has 0 saturated heterocycles. The maximum Gasteiger partial charge on any atom is 0.307 e. The van der Waals surface area contributed by atoms with E-state index in [1.165, 1.54) is 13.8 Å². The molecule has 3 heteroatoms. The van der Waals surface area contributed by atoms with Crippen LogP contribution >= 0.6 is 0 Å². The molecule has 0 saturated carbocycles. The van der Waals surface area contributed by atoms with Crippen LogP contribution in [0.5, 0.6) is 0 Å². The molecule has 0 rings (SSSR count). The molecular weight excluding hydrogens is 126 g/mol. The molecule has 0 aromatic heterocycles. The van der Waals surface area contributed by atoms with Crippen molar-refractivity contribution in [3.05, 3.63) is 0 Å². The van der Waals surface area contributed by atoms with E-state index in [1.807, 2.05) is 0 Å². The Hall–Kier alpha value is -0.470. The molecule has 0 radical (unpaired) electrons. The Kier molecular flexibility index (Phi) is 2.29. The molecule has 0 aromatic rings. The summed E-state index contributed by atoms with van der Waals surface area (Å²) in [6.45, 7) is 3.54. The van der Waals surface area contributed by atoms with Crippen molar-refractivity contribution in [1.29, 1.82) is 0 Å². The molecule has 0 aromatic carbocycles. The van der Waals surface area contributed by atoms with Gasteiger partial charge in [-0.2, -0.15) is 8.78 Å². The Morgan fingerprint density at radius 2 is 1.78 bits per heavy atom. The Morgan fingerprint density at radius 3 is 1.78 bits per heavy atom. The van der Waals surface area contributed by atoms with Crippen molar-refractivity contribution in [1.82, 2.24) is 0 Å². The highest BCUT2D eigenvalue weighted by molar-refractivity contribution is 5.83. The zero-order valence-corrected chi connectivity index (χ0v) is 5.74. The molecule has 0 bridgehead atoms. The maximum absolute atomic E-state index is 12.3. The van der Waals surface area contributed by atoms with Gasteiger partial charge in [-0.3, -0.25) is 4.79 Å². The lowest BCUT2D eigenvalue weighted by Crippen LogP contribution is -2.31. The van der Waals surface area contributed by atoms with Gasteiger partial charge in [0.1, 0.15) is 0 Å². The van der Waals surface area contributed by atoms with E-state index < -0.39 is 17.6 Å². The molecular formula is C6H10F2O. The van der Waals surface area contributed by atoms with Gasteiger partial charge in [-0.25, -0.2) is 0 Å². The van der Waals surface area contributed by atoms with Gasteiger partial charge in [0.2, 0.25) is 0 Å². The second-order valence-corrected chi connectivity index (χ2v) is 2.33. The molecule has 0 heterocycles. The molecule has 1 nitrogen and oxygen atoms in total. The Bertz CT molecular complexity index is 118. The van der Waals surface area contributed by atoms with E-state index in [0.29, 0.717) is 0 Å². The van der Waals surface area contributed by atoms with Crippen LogP contribution in [0.25, 0.3) is 0 Å². The van der Waals surface area contributed by atoms with E-state index in [-0.39, 0.29) is 0 Å². The van der Waals surface area contributed by atoms with Crippen molar-refractivity contribution in [2.45, 2.75) is 26.7 Å². The first-order valence-corrected chi connectivity index (χ1v) is 2.78. The van der Waals surface area contributed by atoms with Crippen LogP contribution in [0.15, 0.2) is 0 Å². The predicted molar refractivity (Wildman–Crippen MR) is 30.5 cm³/mol. The number of hydrogen-bond acceptors (Lipinski definition) is 1. The van der Waals surface area contributed by atoms with Crippen LogP contribution in [0.1, 0.15) is 20.8 Å². The first-order chi connectivity index (χ1) is 3.89. The fourth-order valence-electron chi connectivity index (χ4n) is 0.407. The van der Waals surface area contributed by atoms with Crippen molar-refractivity contribution >= 4 is 5.78 Å². The molecule has 0 aliphatic rings. The molecule has 54 valence electrons. The highest BCUT2D eigenvalue weighted by Crippen LogP contribution is 2.24. The van der Waals surface area contributed by atoms with E-state index in [2.05, 4.69) is 0 Å². The van der Waals surface area contributed by atoms with Crippen LogP contribution in [0.4, 0.5) is 8.78 Å². The highest BCUT2D eigenvalue weighted by atomic mass is 19.3. The van der Waals surface area contributed by atoms with Crippen LogP contribution in [-0.2, 0) is 4.79 Å². The predicted octanol–water partition coefficient (Wildman–Crippen LogP) is 1.87. The average Bonchev–Trinajstić information content (AvgIpc) is 1.65. The fraction of sp³-hybridized carbons (Fsp3) is 0.833. The van der Waals surface area contributed by atoms with Crippen LogP contribution in [0, 0.1) is 5.92 Å². The van der Waals surface area contributed by atoms with E-state index >= 15 is 0 Å². The van der Waals surface area contributed by atoms with Gasteiger partial charge < -0.3 is 0 Å². The molecule has 0 amide bonds. The molecule has 0 aliphatic heterocycles. The average molecular weight is 136 g/mol. The Balaban J connectivity index is 4.19. The standard InChI is InChI=1S/C6H10F2O/c1-4(2)6(7,8)5(3)9/h4H,1-3H3. The van der Waals surface area contributed by atoms with E-state index in [0.717, 1.165) is 6.92 Å². The van der Waals surface area contributed by atoms with Gasteiger partial charge in [0.25, 0.3) is 0 Å². The normalized spacial score (nSPS) is 12.2. The fourth-order valence-corrected chi connectivity index (χ4v) is 0.407. The zero-order valence-electron chi connectivity index (χ0n) is 5.74. The molecule has 0 aliphatic carbocycles.